The summed E-state index contributed by atoms with van der Waals surface area (Å²) in [7, 11) is 0. The standard InChI is InChI=1S/C13H16N4O2/c1-2-9-8-12(19-16-9)13(18)17-7-3-4-11(17)10-5-6-14-15-10/h5-6,8,11H,2-4,7H2,1H3,(H,14,15)/t11-/m1/s1. The predicted molar refractivity (Wildman–Crippen MR) is 67.5 cm³/mol. The number of rotatable bonds is 3. The van der Waals surface area contributed by atoms with Crippen molar-refractivity contribution in [3.05, 3.63) is 35.5 Å². The number of carbonyl (C=O) groups excluding carboxylic acids is 1. The van der Waals surface area contributed by atoms with Crippen molar-refractivity contribution >= 4 is 5.91 Å². The first kappa shape index (κ1) is 12.0. The van der Waals surface area contributed by atoms with Crippen molar-refractivity contribution in [2.75, 3.05) is 6.54 Å². The van der Waals surface area contributed by atoms with Crippen LogP contribution < -0.4 is 0 Å². The molecule has 0 saturated carbocycles. The van der Waals surface area contributed by atoms with Crippen molar-refractivity contribution in [1.29, 1.82) is 0 Å². The van der Waals surface area contributed by atoms with E-state index in [0.717, 1.165) is 37.2 Å². The van der Waals surface area contributed by atoms with Crippen molar-refractivity contribution in [2.45, 2.75) is 32.2 Å². The molecule has 0 radical (unpaired) electrons. The molecule has 0 aromatic carbocycles. The Kier molecular flexibility index (Phi) is 3.06. The molecule has 19 heavy (non-hydrogen) atoms. The zero-order valence-corrected chi connectivity index (χ0v) is 10.8. The summed E-state index contributed by atoms with van der Waals surface area (Å²) in [6.07, 6.45) is 4.41. The van der Waals surface area contributed by atoms with Gasteiger partial charge in [0.15, 0.2) is 0 Å². The van der Waals surface area contributed by atoms with Crippen molar-refractivity contribution in [3.8, 4) is 0 Å². The number of aryl methyl sites for hydroxylation is 1. The van der Waals surface area contributed by atoms with Crippen molar-refractivity contribution in [2.24, 2.45) is 0 Å². The highest BCUT2D eigenvalue weighted by atomic mass is 16.5. The van der Waals surface area contributed by atoms with Gasteiger partial charge in [-0.1, -0.05) is 12.1 Å². The Hall–Kier alpha value is -2.11. The number of hydrogen-bond acceptors (Lipinski definition) is 4. The van der Waals surface area contributed by atoms with Crippen LogP contribution in [-0.4, -0.2) is 32.7 Å². The minimum Gasteiger partial charge on any atom is -0.351 e. The number of nitrogens with zero attached hydrogens (tertiary/aromatic N) is 3. The van der Waals surface area contributed by atoms with E-state index in [-0.39, 0.29) is 11.9 Å². The SMILES string of the molecule is CCc1cc(C(=O)N2CCC[C@@H]2c2ccn[nH]2)on1. The lowest BCUT2D eigenvalue weighted by molar-refractivity contribution is 0.0690. The third-order valence-corrected chi connectivity index (χ3v) is 3.53. The second-order valence-electron chi connectivity index (χ2n) is 4.70. The molecule has 1 saturated heterocycles. The van der Waals surface area contributed by atoms with Gasteiger partial charge >= 0.3 is 0 Å². The number of H-pyrrole nitrogens is 1. The van der Waals surface area contributed by atoms with Crippen LogP contribution in [-0.2, 0) is 6.42 Å². The summed E-state index contributed by atoms with van der Waals surface area (Å²) < 4.78 is 5.13. The molecular formula is C13H16N4O2. The Balaban J connectivity index is 1.82. The van der Waals surface area contributed by atoms with E-state index in [1.807, 2.05) is 17.9 Å². The minimum atomic E-state index is -0.0932. The molecule has 1 atom stereocenters. The fourth-order valence-corrected chi connectivity index (χ4v) is 2.51. The van der Waals surface area contributed by atoms with E-state index in [9.17, 15) is 4.79 Å². The van der Waals surface area contributed by atoms with Crippen LogP contribution in [0.25, 0.3) is 0 Å². The largest absolute Gasteiger partial charge is 0.351 e. The van der Waals surface area contributed by atoms with Gasteiger partial charge in [-0.2, -0.15) is 5.10 Å². The minimum absolute atomic E-state index is 0.0603. The smallest absolute Gasteiger partial charge is 0.293 e. The zero-order valence-electron chi connectivity index (χ0n) is 10.8. The van der Waals surface area contributed by atoms with Crippen LogP contribution >= 0.6 is 0 Å². The van der Waals surface area contributed by atoms with Crippen LogP contribution in [0.15, 0.2) is 22.9 Å². The molecule has 1 fully saturated rings. The molecule has 1 amide bonds. The summed E-state index contributed by atoms with van der Waals surface area (Å²) in [5, 5.41) is 10.8. The van der Waals surface area contributed by atoms with E-state index in [1.54, 1.807) is 12.3 Å². The molecule has 0 spiro atoms. The van der Waals surface area contributed by atoms with E-state index in [4.69, 9.17) is 4.52 Å². The molecular weight excluding hydrogens is 244 g/mol. The summed E-state index contributed by atoms with van der Waals surface area (Å²) >= 11 is 0. The summed E-state index contributed by atoms with van der Waals surface area (Å²) in [5.74, 6) is 0.229. The fraction of sp³-hybridized carbons (Fsp3) is 0.462. The van der Waals surface area contributed by atoms with Gasteiger partial charge < -0.3 is 9.42 Å². The third kappa shape index (κ3) is 2.14. The number of aromatic amines is 1. The first-order chi connectivity index (χ1) is 9.29. The van der Waals surface area contributed by atoms with Gasteiger partial charge in [0, 0.05) is 18.8 Å². The maximum atomic E-state index is 12.4. The Morgan fingerprint density at radius 1 is 1.63 bits per heavy atom. The molecule has 2 aromatic heterocycles. The number of carbonyl (C=O) groups is 1. The van der Waals surface area contributed by atoms with Gasteiger partial charge in [-0.25, -0.2) is 0 Å². The average Bonchev–Trinajstić information content (AvgIpc) is 3.16. The lowest BCUT2D eigenvalue weighted by Gasteiger charge is -2.22. The van der Waals surface area contributed by atoms with Crippen LogP contribution in [0, 0.1) is 0 Å². The summed E-state index contributed by atoms with van der Waals surface area (Å²) in [6, 6.07) is 3.70. The molecule has 0 bridgehead atoms. The number of likely N-dealkylation sites (tertiary alicyclic amines) is 1. The van der Waals surface area contributed by atoms with Gasteiger partial charge in [-0.3, -0.25) is 9.89 Å². The summed E-state index contributed by atoms with van der Waals surface area (Å²) in [6.45, 7) is 2.72. The molecule has 6 heteroatoms. The Labute approximate surface area is 110 Å². The zero-order chi connectivity index (χ0) is 13.2. The Bertz CT molecular complexity index is 561. The van der Waals surface area contributed by atoms with Crippen molar-refractivity contribution in [1.82, 2.24) is 20.3 Å². The van der Waals surface area contributed by atoms with Crippen molar-refractivity contribution in [3.63, 3.8) is 0 Å². The number of nitrogens with one attached hydrogen (secondary N) is 1. The van der Waals surface area contributed by atoms with Crippen LogP contribution in [0.1, 0.15) is 47.7 Å². The van der Waals surface area contributed by atoms with E-state index in [0.29, 0.717) is 5.76 Å². The van der Waals surface area contributed by atoms with E-state index in [2.05, 4.69) is 15.4 Å². The van der Waals surface area contributed by atoms with Crippen molar-refractivity contribution < 1.29 is 9.32 Å². The highest BCUT2D eigenvalue weighted by Crippen LogP contribution is 2.31. The Morgan fingerprint density at radius 3 is 3.21 bits per heavy atom. The highest BCUT2D eigenvalue weighted by molar-refractivity contribution is 5.92. The molecule has 0 aliphatic carbocycles. The van der Waals surface area contributed by atoms with Gasteiger partial charge in [0.05, 0.1) is 17.4 Å². The quantitative estimate of drug-likeness (QED) is 0.915. The molecule has 1 aliphatic heterocycles. The van der Waals surface area contributed by atoms with E-state index in [1.165, 1.54) is 0 Å². The Morgan fingerprint density at radius 2 is 2.53 bits per heavy atom. The molecule has 2 aromatic rings. The second-order valence-corrected chi connectivity index (χ2v) is 4.70. The molecule has 1 aliphatic rings. The highest BCUT2D eigenvalue weighted by Gasteiger charge is 2.33. The monoisotopic (exact) mass is 260 g/mol. The fourth-order valence-electron chi connectivity index (χ4n) is 2.51. The first-order valence-corrected chi connectivity index (χ1v) is 6.55. The van der Waals surface area contributed by atoms with E-state index >= 15 is 0 Å². The van der Waals surface area contributed by atoms with Crippen LogP contribution in [0.3, 0.4) is 0 Å². The number of amides is 1. The molecule has 3 heterocycles. The molecule has 3 rings (SSSR count). The lowest BCUT2D eigenvalue weighted by atomic mass is 10.1. The topological polar surface area (TPSA) is 75.0 Å². The third-order valence-electron chi connectivity index (χ3n) is 3.53. The average molecular weight is 260 g/mol. The normalized spacial score (nSPS) is 19.0. The first-order valence-electron chi connectivity index (χ1n) is 6.55. The van der Waals surface area contributed by atoms with Gasteiger partial charge in [0.25, 0.3) is 5.91 Å². The van der Waals surface area contributed by atoms with Crippen LogP contribution in [0.5, 0.6) is 0 Å². The molecule has 6 nitrogen and oxygen atoms in total. The number of hydrogen-bond donors (Lipinski definition) is 1. The van der Waals surface area contributed by atoms with Gasteiger partial charge in [-0.05, 0) is 25.3 Å². The molecule has 0 unspecified atom stereocenters. The van der Waals surface area contributed by atoms with E-state index < -0.39 is 0 Å². The van der Waals surface area contributed by atoms with Gasteiger partial charge in [0.1, 0.15) is 0 Å². The van der Waals surface area contributed by atoms with Crippen LogP contribution in [0.2, 0.25) is 0 Å². The summed E-state index contributed by atoms with van der Waals surface area (Å²) in [5.41, 5.74) is 1.78. The van der Waals surface area contributed by atoms with Crippen LogP contribution in [0.4, 0.5) is 0 Å². The number of aromatic nitrogens is 3. The van der Waals surface area contributed by atoms with Gasteiger partial charge in [-0.15, -0.1) is 0 Å². The lowest BCUT2D eigenvalue weighted by Crippen LogP contribution is -2.30. The maximum absolute atomic E-state index is 12.4. The summed E-state index contributed by atoms with van der Waals surface area (Å²) in [4.78, 5) is 14.3. The maximum Gasteiger partial charge on any atom is 0.293 e. The molecule has 100 valence electrons. The molecule has 1 N–H and O–H groups in total. The van der Waals surface area contributed by atoms with Gasteiger partial charge in [0.2, 0.25) is 5.76 Å². The predicted octanol–water partition coefficient (Wildman–Crippen LogP) is 1.94. The second kappa shape index (κ2) is 4.87.